The topological polar surface area (TPSA) is 44.4 Å². The maximum atomic E-state index is 12.1. The summed E-state index contributed by atoms with van der Waals surface area (Å²) < 4.78 is 0. The van der Waals surface area contributed by atoms with Crippen LogP contribution in [0.3, 0.4) is 0 Å². The van der Waals surface area contributed by atoms with Crippen molar-refractivity contribution in [3.8, 4) is 0 Å². The Labute approximate surface area is 96.7 Å². The summed E-state index contributed by atoms with van der Waals surface area (Å²) >= 11 is 0. The van der Waals surface area contributed by atoms with Gasteiger partial charge in [0, 0.05) is 18.5 Å². The summed E-state index contributed by atoms with van der Waals surface area (Å²) in [6.45, 7) is 4.20. The molecule has 0 spiro atoms. The third-order valence-corrected chi connectivity index (χ3v) is 4.57. The highest BCUT2D eigenvalue weighted by atomic mass is 16.2. The average Bonchev–Trinajstić information content (AvgIpc) is 2.70. The zero-order valence-electron chi connectivity index (χ0n) is 9.96. The average molecular weight is 223 g/mol. The molecule has 0 aromatic carbocycles. The van der Waals surface area contributed by atoms with Gasteiger partial charge in [-0.05, 0) is 38.6 Å². The molecule has 2 heterocycles. The van der Waals surface area contributed by atoms with Gasteiger partial charge in [0.15, 0.2) is 0 Å². The third kappa shape index (κ3) is 1.55. The molecule has 16 heavy (non-hydrogen) atoms. The highest BCUT2D eigenvalue weighted by Gasteiger charge is 2.48. The lowest BCUT2D eigenvalue weighted by atomic mass is 9.71. The first-order valence-corrected chi connectivity index (χ1v) is 6.50. The van der Waals surface area contributed by atoms with Gasteiger partial charge in [-0.15, -0.1) is 0 Å². The Bertz CT molecular complexity index is 297. The van der Waals surface area contributed by atoms with E-state index in [2.05, 4.69) is 17.7 Å². The molecule has 1 amide bonds. The third-order valence-electron chi connectivity index (χ3n) is 4.57. The summed E-state index contributed by atoms with van der Waals surface area (Å²) in [6.07, 6.45) is 5.68. The Balaban J connectivity index is 1.70. The zero-order chi connectivity index (χ0) is 11.2. The van der Waals surface area contributed by atoms with Crippen molar-refractivity contribution in [1.29, 1.82) is 0 Å². The molecule has 4 nitrogen and oxygen atoms in total. The molecule has 3 fully saturated rings. The van der Waals surface area contributed by atoms with Gasteiger partial charge in [0.1, 0.15) is 0 Å². The number of amides is 1. The monoisotopic (exact) mass is 223 g/mol. The predicted molar refractivity (Wildman–Crippen MR) is 61.6 cm³/mol. The maximum Gasteiger partial charge on any atom is 0.238 e. The molecule has 0 aromatic heterocycles. The van der Waals surface area contributed by atoms with Crippen molar-refractivity contribution >= 4 is 5.91 Å². The van der Waals surface area contributed by atoms with Gasteiger partial charge < -0.3 is 5.32 Å². The van der Waals surface area contributed by atoms with Gasteiger partial charge in [0.2, 0.25) is 5.91 Å². The fraction of sp³-hybridized carbons (Fsp3) is 0.917. The lowest BCUT2D eigenvalue weighted by Gasteiger charge is -2.40. The Morgan fingerprint density at radius 2 is 2.19 bits per heavy atom. The minimum absolute atomic E-state index is 0.0396. The van der Waals surface area contributed by atoms with Crippen LogP contribution in [0.2, 0.25) is 0 Å². The second kappa shape index (κ2) is 3.70. The Kier molecular flexibility index (Phi) is 2.44. The summed E-state index contributed by atoms with van der Waals surface area (Å²) in [7, 11) is 0. The standard InChI is InChI=1S/C12H21N3O/c1-12(9-3-2-4-9)7-11(16)15(14-12)10-5-6-13-8-10/h9-10,13-14H,2-8H2,1H3. The number of rotatable bonds is 2. The number of nitrogens with zero attached hydrogens (tertiary/aromatic N) is 1. The second-order valence-corrected chi connectivity index (χ2v) is 5.74. The van der Waals surface area contributed by atoms with Gasteiger partial charge in [-0.2, -0.15) is 0 Å². The van der Waals surface area contributed by atoms with Crippen molar-refractivity contribution in [2.75, 3.05) is 13.1 Å². The molecular weight excluding hydrogens is 202 g/mol. The summed E-state index contributed by atoms with van der Waals surface area (Å²) in [4.78, 5) is 12.1. The minimum atomic E-state index is 0.0396. The molecule has 2 aliphatic heterocycles. The van der Waals surface area contributed by atoms with Crippen molar-refractivity contribution in [2.45, 2.75) is 50.6 Å². The first-order chi connectivity index (χ1) is 7.69. The second-order valence-electron chi connectivity index (χ2n) is 5.74. The number of hydrazine groups is 1. The van der Waals surface area contributed by atoms with Crippen LogP contribution in [0, 0.1) is 5.92 Å². The van der Waals surface area contributed by atoms with E-state index >= 15 is 0 Å². The van der Waals surface area contributed by atoms with Gasteiger partial charge in [-0.3, -0.25) is 9.80 Å². The number of carbonyl (C=O) groups excluding carboxylic acids is 1. The first-order valence-electron chi connectivity index (χ1n) is 6.50. The van der Waals surface area contributed by atoms with Gasteiger partial charge in [0.05, 0.1) is 6.04 Å². The van der Waals surface area contributed by atoms with Gasteiger partial charge in [-0.1, -0.05) is 6.42 Å². The smallest absolute Gasteiger partial charge is 0.238 e. The SMILES string of the molecule is CC1(C2CCC2)CC(=O)N(C2CCNC2)N1. The molecule has 4 heteroatoms. The molecule has 1 saturated carbocycles. The zero-order valence-corrected chi connectivity index (χ0v) is 9.96. The van der Waals surface area contributed by atoms with Crippen molar-refractivity contribution in [3.63, 3.8) is 0 Å². The van der Waals surface area contributed by atoms with Crippen molar-refractivity contribution in [1.82, 2.24) is 15.8 Å². The summed E-state index contributed by atoms with van der Waals surface area (Å²) in [5.74, 6) is 0.999. The highest BCUT2D eigenvalue weighted by Crippen LogP contribution is 2.41. The molecule has 1 aliphatic carbocycles. The number of hydrogen-bond donors (Lipinski definition) is 2. The van der Waals surface area contributed by atoms with Crippen LogP contribution in [0.15, 0.2) is 0 Å². The van der Waals surface area contributed by atoms with E-state index in [-0.39, 0.29) is 5.54 Å². The van der Waals surface area contributed by atoms with Crippen LogP contribution in [0.1, 0.15) is 39.0 Å². The minimum Gasteiger partial charge on any atom is -0.315 e. The summed E-state index contributed by atoms with van der Waals surface area (Å²) in [5, 5.41) is 5.24. The van der Waals surface area contributed by atoms with Crippen molar-refractivity contribution < 1.29 is 4.79 Å². The van der Waals surface area contributed by atoms with Crippen LogP contribution in [0.25, 0.3) is 0 Å². The van der Waals surface area contributed by atoms with E-state index in [0.717, 1.165) is 19.5 Å². The first kappa shape index (κ1) is 10.5. The molecule has 2 atom stereocenters. The Morgan fingerprint density at radius 3 is 2.75 bits per heavy atom. The quantitative estimate of drug-likeness (QED) is 0.722. The molecule has 2 saturated heterocycles. The number of hydrogen-bond acceptors (Lipinski definition) is 3. The Morgan fingerprint density at radius 1 is 1.38 bits per heavy atom. The van der Waals surface area contributed by atoms with Crippen LogP contribution in [-0.2, 0) is 4.79 Å². The largest absolute Gasteiger partial charge is 0.315 e. The van der Waals surface area contributed by atoms with E-state index in [0.29, 0.717) is 24.3 Å². The lowest BCUT2D eigenvalue weighted by molar-refractivity contribution is -0.131. The molecule has 0 aromatic rings. The molecule has 2 N–H and O–H groups in total. The van der Waals surface area contributed by atoms with Crippen LogP contribution in [0.5, 0.6) is 0 Å². The molecule has 3 aliphatic rings. The lowest BCUT2D eigenvalue weighted by Crippen LogP contribution is -2.54. The number of nitrogens with one attached hydrogen (secondary N) is 2. The molecule has 0 bridgehead atoms. The van der Waals surface area contributed by atoms with Crippen LogP contribution >= 0.6 is 0 Å². The number of carbonyl (C=O) groups is 1. The van der Waals surface area contributed by atoms with E-state index in [1.807, 2.05) is 5.01 Å². The normalized spacial score (nSPS) is 40.4. The molecule has 2 unspecified atom stereocenters. The van der Waals surface area contributed by atoms with Crippen LogP contribution in [-0.4, -0.2) is 35.6 Å². The van der Waals surface area contributed by atoms with Crippen LogP contribution < -0.4 is 10.7 Å². The Hall–Kier alpha value is -0.610. The molecule has 90 valence electrons. The molecule has 0 radical (unpaired) electrons. The maximum absolute atomic E-state index is 12.1. The fourth-order valence-electron chi connectivity index (χ4n) is 3.21. The van der Waals surface area contributed by atoms with Gasteiger partial charge in [-0.25, -0.2) is 5.43 Å². The molecule has 3 rings (SSSR count). The molecular formula is C12H21N3O. The van der Waals surface area contributed by atoms with Gasteiger partial charge in [0.25, 0.3) is 0 Å². The van der Waals surface area contributed by atoms with Crippen molar-refractivity contribution in [3.05, 3.63) is 0 Å². The predicted octanol–water partition coefficient (Wildman–Crippen LogP) is 0.644. The van der Waals surface area contributed by atoms with E-state index in [1.54, 1.807) is 0 Å². The van der Waals surface area contributed by atoms with E-state index in [4.69, 9.17) is 0 Å². The highest BCUT2D eigenvalue weighted by molar-refractivity contribution is 5.79. The van der Waals surface area contributed by atoms with Crippen LogP contribution in [0.4, 0.5) is 0 Å². The van der Waals surface area contributed by atoms with E-state index in [1.165, 1.54) is 19.3 Å². The summed E-state index contributed by atoms with van der Waals surface area (Å²) in [6, 6.07) is 0.370. The van der Waals surface area contributed by atoms with E-state index < -0.39 is 0 Å². The fourth-order valence-corrected chi connectivity index (χ4v) is 3.21. The van der Waals surface area contributed by atoms with Gasteiger partial charge >= 0.3 is 0 Å². The van der Waals surface area contributed by atoms with Crippen molar-refractivity contribution in [2.24, 2.45) is 5.92 Å². The summed E-state index contributed by atoms with van der Waals surface area (Å²) in [5.41, 5.74) is 3.54. The van der Waals surface area contributed by atoms with E-state index in [9.17, 15) is 4.79 Å².